The maximum absolute atomic E-state index is 11.5. The Balaban J connectivity index is 2.20. The standard InChI is InChI=1S/C15H10N2O3/c18-13-8-12(16-14(17-13)15(19)20)11-6-5-9-3-1-2-4-10(9)7-11/h1-8H,(H,19,20)(H,16,17,18). The van der Waals surface area contributed by atoms with Crippen LogP contribution in [0.15, 0.2) is 53.3 Å². The van der Waals surface area contributed by atoms with Crippen molar-refractivity contribution in [1.29, 1.82) is 0 Å². The molecular weight excluding hydrogens is 256 g/mol. The molecule has 0 atom stereocenters. The summed E-state index contributed by atoms with van der Waals surface area (Å²) in [6.45, 7) is 0. The highest BCUT2D eigenvalue weighted by Crippen LogP contribution is 2.22. The molecule has 0 unspecified atom stereocenters. The first kappa shape index (κ1) is 12.1. The maximum Gasteiger partial charge on any atom is 0.372 e. The lowest BCUT2D eigenvalue weighted by molar-refractivity contribution is 0.0683. The van der Waals surface area contributed by atoms with Crippen molar-refractivity contribution in [1.82, 2.24) is 9.97 Å². The van der Waals surface area contributed by atoms with Crippen molar-refractivity contribution in [2.75, 3.05) is 0 Å². The number of fused-ring (bicyclic) bond motifs is 1. The zero-order valence-electron chi connectivity index (χ0n) is 10.3. The second-order valence-electron chi connectivity index (χ2n) is 4.35. The quantitative estimate of drug-likeness (QED) is 0.745. The van der Waals surface area contributed by atoms with Crippen molar-refractivity contribution in [3.8, 4) is 11.3 Å². The normalized spacial score (nSPS) is 10.6. The Morgan fingerprint density at radius 2 is 1.80 bits per heavy atom. The molecule has 2 N–H and O–H groups in total. The Kier molecular flexibility index (Phi) is 2.80. The molecule has 1 aromatic heterocycles. The zero-order chi connectivity index (χ0) is 14.1. The van der Waals surface area contributed by atoms with Gasteiger partial charge in [0.25, 0.3) is 5.56 Å². The molecule has 3 aromatic rings. The predicted octanol–water partition coefficient (Wildman–Crippen LogP) is 2.29. The van der Waals surface area contributed by atoms with E-state index < -0.39 is 11.5 Å². The Morgan fingerprint density at radius 1 is 1.05 bits per heavy atom. The van der Waals surface area contributed by atoms with Crippen LogP contribution in [0.25, 0.3) is 22.0 Å². The molecule has 0 saturated heterocycles. The van der Waals surface area contributed by atoms with Crippen molar-refractivity contribution < 1.29 is 9.90 Å². The zero-order valence-corrected chi connectivity index (χ0v) is 10.3. The maximum atomic E-state index is 11.5. The first-order valence-corrected chi connectivity index (χ1v) is 5.97. The largest absolute Gasteiger partial charge is 0.475 e. The van der Waals surface area contributed by atoms with Crippen LogP contribution in [0.1, 0.15) is 10.6 Å². The number of carbonyl (C=O) groups is 1. The molecule has 5 heteroatoms. The Bertz CT molecular complexity index is 868. The van der Waals surface area contributed by atoms with Gasteiger partial charge in [-0.15, -0.1) is 0 Å². The van der Waals surface area contributed by atoms with Crippen LogP contribution in [0.3, 0.4) is 0 Å². The van der Waals surface area contributed by atoms with Gasteiger partial charge in [0.1, 0.15) is 0 Å². The smallest absolute Gasteiger partial charge is 0.372 e. The van der Waals surface area contributed by atoms with Crippen molar-refractivity contribution in [3.63, 3.8) is 0 Å². The van der Waals surface area contributed by atoms with E-state index in [0.717, 1.165) is 10.8 Å². The minimum absolute atomic E-state index is 0.344. The highest BCUT2D eigenvalue weighted by molar-refractivity contribution is 5.87. The minimum atomic E-state index is -1.26. The van der Waals surface area contributed by atoms with Crippen LogP contribution in [0, 0.1) is 0 Å². The molecule has 0 aliphatic rings. The minimum Gasteiger partial charge on any atom is -0.475 e. The summed E-state index contributed by atoms with van der Waals surface area (Å²) in [5, 5.41) is 11.0. The van der Waals surface area contributed by atoms with E-state index in [9.17, 15) is 9.59 Å². The number of hydrogen-bond acceptors (Lipinski definition) is 3. The molecule has 2 aromatic carbocycles. The van der Waals surface area contributed by atoms with Crippen LogP contribution >= 0.6 is 0 Å². The topological polar surface area (TPSA) is 83.0 Å². The van der Waals surface area contributed by atoms with Crippen molar-refractivity contribution in [2.24, 2.45) is 0 Å². The third-order valence-corrected chi connectivity index (χ3v) is 2.99. The number of H-pyrrole nitrogens is 1. The molecule has 1 heterocycles. The molecule has 98 valence electrons. The van der Waals surface area contributed by atoms with E-state index in [1.165, 1.54) is 6.07 Å². The summed E-state index contributed by atoms with van der Waals surface area (Å²) >= 11 is 0. The van der Waals surface area contributed by atoms with E-state index in [1.54, 1.807) is 0 Å². The van der Waals surface area contributed by atoms with Crippen LogP contribution in [0.4, 0.5) is 0 Å². The molecule has 0 fully saturated rings. The van der Waals surface area contributed by atoms with Gasteiger partial charge in [0, 0.05) is 11.6 Å². The van der Waals surface area contributed by atoms with E-state index in [-0.39, 0.29) is 5.82 Å². The van der Waals surface area contributed by atoms with E-state index in [2.05, 4.69) is 9.97 Å². The van der Waals surface area contributed by atoms with Crippen LogP contribution in [-0.4, -0.2) is 21.0 Å². The van der Waals surface area contributed by atoms with E-state index in [4.69, 9.17) is 5.11 Å². The summed E-state index contributed by atoms with van der Waals surface area (Å²) in [7, 11) is 0. The number of nitrogens with one attached hydrogen (secondary N) is 1. The van der Waals surface area contributed by atoms with E-state index in [1.807, 2.05) is 42.5 Å². The van der Waals surface area contributed by atoms with Gasteiger partial charge in [-0.3, -0.25) is 4.79 Å². The summed E-state index contributed by atoms with van der Waals surface area (Å²) in [6.07, 6.45) is 0. The fourth-order valence-corrected chi connectivity index (χ4v) is 2.06. The summed E-state index contributed by atoms with van der Waals surface area (Å²) in [5.74, 6) is -1.62. The lowest BCUT2D eigenvalue weighted by Gasteiger charge is -2.04. The number of benzene rings is 2. The summed E-state index contributed by atoms with van der Waals surface area (Å²) in [5.41, 5.74) is 0.565. The molecule has 0 spiro atoms. The van der Waals surface area contributed by atoms with Crippen LogP contribution in [0.2, 0.25) is 0 Å². The molecule has 0 amide bonds. The van der Waals surface area contributed by atoms with Crippen molar-refractivity contribution in [3.05, 3.63) is 64.7 Å². The van der Waals surface area contributed by atoms with Gasteiger partial charge in [-0.05, 0) is 16.8 Å². The number of hydrogen-bond donors (Lipinski definition) is 2. The summed E-state index contributed by atoms with van der Waals surface area (Å²) in [4.78, 5) is 28.6. The second-order valence-corrected chi connectivity index (χ2v) is 4.35. The highest BCUT2D eigenvalue weighted by atomic mass is 16.4. The molecule has 0 aliphatic carbocycles. The Morgan fingerprint density at radius 3 is 2.55 bits per heavy atom. The lowest BCUT2D eigenvalue weighted by atomic mass is 10.1. The van der Waals surface area contributed by atoms with Gasteiger partial charge < -0.3 is 10.1 Å². The first-order chi connectivity index (χ1) is 9.63. The van der Waals surface area contributed by atoms with Gasteiger partial charge >= 0.3 is 5.97 Å². The molecule has 0 saturated carbocycles. The van der Waals surface area contributed by atoms with Gasteiger partial charge in [0.2, 0.25) is 5.82 Å². The number of rotatable bonds is 2. The fourth-order valence-electron chi connectivity index (χ4n) is 2.06. The number of carboxylic acids is 1. The van der Waals surface area contributed by atoms with Crippen LogP contribution in [-0.2, 0) is 0 Å². The van der Waals surface area contributed by atoms with Gasteiger partial charge in [0.15, 0.2) is 0 Å². The Hall–Kier alpha value is -2.95. The first-order valence-electron chi connectivity index (χ1n) is 5.97. The number of aromatic carboxylic acids is 1. The van der Waals surface area contributed by atoms with Gasteiger partial charge in [-0.2, -0.15) is 0 Å². The molecular formula is C15H10N2O3. The average Bonchev–Trinajstić information content (AvgIpc) is 2.46. The lowest BCUT2D eigenvalue weighted by Crippen LogP contribution is -2.15. The molecule has 0 aliphatic heterocycles. The predicted molar refractivity (Wildman–Crippen MR) is 74.8 cm³/mol. The third kappa shape index (κ3) is 2.16. The summed E-state index contributed by atoms with van der Waals surface area (Å²) in [6, 6.07) is 14.7. The van der Waals surface area contributed by atoms with Crippen LogP contribution < -0.4 is 5.56 Å². The van der Waals surface area contributed by atoms with Gasteiger partial charge in [-0.1, -0.05) is 36.4 Å². The fraction of sp³-hybridized carbons (Fsp3) is 0. The van der Waals surface area contributed by atoms with E-state index >= 15 is 0 Å². The second kappa shape index (κ2) is 4.62. The molecule has 0 bridgehead atoms. The molecule has 0 radical (unpaired) electrons. The average molecular weight is 266 g/mol. The molecule has 5 nitrogen and oxygen atoms in total. The van der Waals surface area contributed by atoms with Crippen molar-refractivity contribution in [2.45, 2.75) is 0 Å². The molecule has 3 rings (SSSR count). The number of aromatic amines is 1. The Labute approximate surface area is 113 Å². The van der Waals surface area contributed by atoms with Gasteiger partial charge in [0.05, 0.1) is 5.69 Å². The SMILES string of the molecule is O=C(O)c1nc(-c2ccc3ccccc3c2)cc(=O)[nH]1. The number of nitrogens with zero attached hydrogens (tertiary/aromatic N) is 1. The van der Waals surface area contributed by atoms with Crippen molar-refractivity contribution >= 4 is 16.7 Å². The monoisotopic (exact) mass is 266 g/mol. The number of aromatic nitrogens is 2. The highest BCUT2D eigenvalue weighted by Gasteiger charge is 2.09. The third-order valence-electron chi connectivity index (χ3n) is 2.99. The number of carboxylic acid groups (broad SMARTS) is 1. The summed E-state index contributed by atoms with van der Waals surface area (Å²) < 4.78 is 0. The van der Waals surface area contributed by atoms with Crippen LogP contribution in [0.5, 0.6) is 0 Å². The molecule has 20 heavy (non-hydrogen) atoms. The van der Waals surface area contributed by atoms with E-state index in [0.29, 0.717) is 11.3 Å². The van der Waals surface area contributed by atoms with Gasteiger partial charge in [-0.25, -0.2) is 9.78 Å².